The Bertz CT molecular complexity index is 988. The van der Waals surface area contributed by atoms with Crippen LogP contribution in [0.4, 0.5) is 5.82 Å². The highest BCUT2D eigenvalue weighted by Crippen LogP contribution is 2.25. The van der Waals surface area contributed by atoms with Gasteiger partial charge in [-0.15, -0.1) is 0 Å². The number of hydrogen-bond acceptors (Lipinski definition) is 5. The Kier molecular flexibility index (Phi) is 3.70. The van der Waals surface area contributed by atoms with E-state index in [1.54, 1.807) is 16.8 Å². The van der Waals surface area contributed by atoms with E-state index in [0.717, 1.165) is 16.8 Å². The van der Waals surface area contributed by atoms with Crippen LogP contribution in [0.2, 0.25) is 0 Å². The molecule has 0 spiro atoms. The first-order chi connectivity index (χ1) is 12.1. The Hall–Kier alpha value is -3.19. The number of H-pyrrole nitrogens is 1. The van der Waals surface area contributed by atoms with Crippen molar-refractivity contribution in [2.45, 2.75) is 19.8 Å². The topological polar surface area (TPSA) is 101 Å². The first kappa shape index (κ1) is 15.3. The van der Waals surface area contributed by atoms with Crippen molar-refractivity contribution in [2.24, 2.45) is 10.7 Å². The zero-order chi connectivity index (χ0) is 17.4. The zero-order valence-corrected chi connectivity index (χ0v) is 13.7. The van der Waals surface area contributed by atoms with Crippen molar-refractivity contribution in [2.75, 3.05) is 5.32 Å². The van der Waals surface area contributed by atoms with Gasteiger partial charge in [-0.2, -0.15) is 5.10 Å². The van der Waals surface area contributed by atoms with E-state index < -0.39 is 6.29 Å². The number of fused-ring (bicyclic) bond motifs is 1. The lowest BCUT2D eigenvalue weighted by atomic mass is 10.1. The number of nitrogens with zero attached hydrogens (tertiary/aromatic N) is 3. The van der Waals surface area contributed by atoms with Crippen molar-refractivity contribution in [3.63, 3.8) is 0 Å². The predicted octanol–water partition coefficient (Wildman–Crippen LogP) is 1.76. The van der Waals surface area contributed by atoms with Gasteiger partial charge >= 0.3 is 0 Å². The van der Waals surface area contributed by atoms with Gasteiger partial charge in [-0.25, -0.2) is 0 Å². The Morgan fingerprint density at radius 1 is 1.20 bits per heavy atom. The van der Waals surface area contributed by atoms with E-state index in [1.807, 2.05) is 43.3 Å². The largest absolute Gasteiger partial charge is 0.337 e. The average molecular weight is 334 g/mol. The molecule has 1 aliphatic heterocycles. The number of rotatable bonds is 3. The maximum absolute atomic E-state index is 13.2. The molecule has 4 rings (SSSR count). The van der Waals surface area contributed by atoms with Crippen LogP contribution in [-0.2, 0) is 6.54 Å². The first-order valence-electron chi connectivity index (χ1n) is 8.02. The Labute approximate surface area is 144 Å². The first-order valence-corrected chi connectivity index (χ1v) is 8.02. The minimum absolute atomic E-state index is 0.110. The van der Waals surface area contributed by atoms with Crippen LogP contribution in [0.25, 0.3) is 11.3 Å². The van der Waals surface area contributed by atoms with E-state index in [4.69, 9.17) is 5.73 Å². The number of benzene rings is 1. The molecule has 4 N–H and O–H groups in total. The van der Waals surface area contributed by atoms with Crippen molar-refractivity contribution in [3.05, 3.63) is 70.1 Å². The molecule has 0 bridgehead atoms. The van der Waals surface area contributed by atoms with Crippen LogP contribution < -0.4 is 16.6 Å². The summed E-state index contributed by atoms with van der Waals surface area (Å²) in [4.78, 5) is 17.5. The van der Waals surface area contributed by atoms with Gasteiger partial charge in [-0.1, -0.05) is 30.3 Å². The lowest BCUT2D eigenvalue weighted by Gasteiger charge is -2.26. The molecule has 7 nitrogen and oxygen atoms in total. The van der Waals surface area contributed by atoms with E-state index in [1.165, 1.54) is 0 Å². The summed E-state index contributed by atoms with van der Waals surface area (Å²) in [6, 6.07) is 13.5. The molecular weight excluding hydrogens is 316 g/mol. The molecule has 0 saturated heterocycles. The van der Waals surface area contributed by atoms with E-state index >= 15 is 0 Å². The number of hydrogen-bond donors (Lipinski definition) is 3. The molecule has 1 atom stereocenters. The lowest BCUT2D eigenvalue weighted by molar-refractivity contribution is 0.718. The lowest BCUT2D eigenvalue weighted by Crippen LogP contribution is -2.38. The van der Waals surface area contributed by atoms with E-state index in [9.17, 15) is 4.79 Å². The number of aromatic nitrogens is 3. The molecule has 1 aliphatic rings. The number of aromatic amines is 1. The third kappa shape index (κ3) is 2.74. The molecule has 25 heavy (non-hydrogen) atoms. The molecule has 0 saturated carbocycles. The van der Waals surface area contributed by atoms with Crippen LogP contribution in [-0.4, -0.2) is 26.8 Å². The number of nitrogens with one attached hydrogen (secondary N) is 2. The summed E-state index contributed by atoms with van der Waals surface area (Å²) in [5.41, 5.74) is 9.77. The van der Waals surface area contributed by atoms with Crippen LogP contribution in [0.15, 0.2) is 58.4 Å². The molecular formula is C18H18N6O. The molecule has 1 unspecified atom stereocenters. The summed E-state index contributed by atoms with van der Waals surface area (Å²) in [5.74, 6) is 0.692. The predicted molar refractivity (Wildman–Crippen MR) is 97.6 cm³/mol. The maximum atomic E-state index is 13.2. The smallest absolute Gasteiger partial charge is 0.261 e. The summed E-state index contributed by atoms with van der Waals surface area (Å²) in [7, 11) is 0. The Balaban J connectivity index is 1.95. The van der Waals surface area contributed by atoms with Crippen molar-refractivity contribution in [3.8, 4) is 11.3 Å². The second kappa shape index (κ2) is 6.03. The Morgan fingerprint density at radius 2 is 2.00 bits per heavy atom. The summed E-state index contributed by atoms with van der Waals surface area (Å²) in [5, 5.41) is 9.94. The van der Waals surface area contributed by atoms with Crippen LogP contribution in [0.1, 0.15) is 18.1 Å². The fourth-order valence-corrected chi connectivity index (χ4v) is 3.06. The van der Waals surface area contributed by atoms with Gasteiger partial charge in [0.2, 0.25) is 0 Å². The fourth-order valence-electron chi connectivity index (χ4n) is 3.06. The molecule has 0 radical (unpaired) electrons. The van der Waals surface area contributed by atoms with Gasteiger partial charge in [0.25, 0.3) is 5.56 Å². The third-order valence-electron chi connectivity index (χ3n) is 4.27. The SMILES string of the molecule is CC1=NC(N)Nc2c1cc(-c1ccn[nH]1)c(=O)n2Cc1ccccc1. The second-order valence-corrected chi connectivity index (χ2v) is 5.97. The number of nitrogens with two attached hydrogens (primary N) is 1. The summed E-state index contributed by atoms with van der Waals surface area (Å²) in [6.07, 6.45) is 1.07. The summed E-state index contributed by atoms with van der Waals surface area (Å²) in [6.45, 7) is 2.34. The van der Waals surface area contributed by atoms with Gasteiger partial charge in [-0.05, 0) is 24.6 Å². The van der Waals surface area contributed by atoms with Gasteiger partial charge in [0.15, 0.2) is 6.29 Å². The third-order valence-corrected chi connectivity index (χ3v) is 4.27. The monoisotopic (exact) mass is 334 g/mol. The normalized spacial score (nSPS) is 16.1. The van der Waals surface area contributed by atoms with Crippen molar-refractivity contribution < 1.29 is 0 Å². The number of aliphatic imine (C=N–C) groups is 1. The highest BCUT2D eigenvalue weighted by atomic mass is 16.1. The number of pyridine rings is 1. The molecule has 7 heteroatoms. The van der Waals surface area contributed by atoms with Crippen LogP contribution in [0.5, 0.6) is 0 Å². The van der Waals surface area contributed by atoms with Crippen LogP contribution >= 0.6 is 0 Å². The van der Waals surface area contributed by atoms with Gasteiger partial charge in [0, 0.05) is 17.5 Å². The Morgan fingerprint density at radius 3 is 2.72 bits per heavy atom. The summed E-state index contributed by atoms with van der Waals surface area (Å²) < 4.78 is 1.71. The maximum Gasteiger partial charge on any atom is 0.261 e. The van der Waals surface area contributed by atoms with Gasteiger partial charge < -0.3 is 5.32 Å². The van der Waals surface area contributed by atoms with E-state index in [0.29, 0.717) is 23.6 Å². The van der Waals surface area contributed by atoms with Crippen LogP contribution in [0, 0.1) is 0 Å². The highest BCUT2D eigenvalue weighted by molar-refractivity contribution is 6.05. The molecule has 126 valence electrons. The summed E-state index contributed by atoms with van der Waals surface area (Å²) >= 11 is 0. The average Bonchev–Trinajstić information content (AvgIpc) is 3.13. The van der Waals surface area contributed by atoms with E-state index in [-0.39, 0.29) is 5.56 Å². The second-order valence-electron chi connectivity index (χ2n) is 5.97. The van der Waals surface area contributed by atoms with E-state index in [2.05, 4.69) is 20.5 Å². The minimum atomic E-state index is -0.563. The van der Waals surface area contributed by atoms with Crippen LogP contribution in [0.3, 0.4) is 0 Å². The molecule has 1 aromatic carbocycles. The van der Waals surface area contributed by atoms with Crippen molar-refractivity contribution in [1.82, 2.24) is 14.8 Å². The molecule has 3 heterocycles. The molecule has 0 fully saturated rings. The molecule has 0 aliphatic carbocycles. The number of anilines is 1. The van der Waals surface area contributed by atoms with Crippen molar-refractivity contribution in [1.29, 1.82) is 0 Å². The molecule has 0 amide bonds. The van der Waals surface area contributed by atoms with Crippen molar-refractivity contribution >= 4 is 11.5 Å². The minimum Gasteiger partial charge on any atom is -0.337 e. The zero-order valence-electron chi connectivity index (χ0n) is 13.7. The quantitative estimate of drug-likeness (QED) is 0.679. The van der Waals surface area contributed by atoms with Gasteiger partial charge in [-0.3, -0.25) is 25.2 Å². The standard InChI is InChI=1S/C18H18N6O/c1-11-13-9-14(15-7-8-20-23-15)17(25)24(16(13)22-18(19)21-11)10-12-5-3-2-4-6-12/h2-9,18,22H,10,19H2,1H3,(H,20,23). The fraction of sp³-hybridized carbons (Fsp3) is 0.167. The van der Waals surface area contributed by atoms with Gasteiger partial charge in [0.1, 0.15) is 5.82 Å². The van der Waals surface area contributed by atoms with Gasteiger partial charge in [0.05, 0.1) is 17.8 Å². The molecule has 3 aromatic rings. The highest BCUT2D eigenvalue weighted by Gasteiger charge is 2.22. The molecule has 2 aromatic heterocycles.